The van der Waals surface area contributed by atoms with Crippen molar-refractivity contribution in [2.75, 3.05) is 0 Å². The molecular weight excluding hydrogens is 567 g/mol. The highest BCUT2D eigenvalue weighted by Gasteiger charge is 2.47. The van der Waals surface area contributed by atoms with Crippen LogP contribution < -0.4 is 21.2 Å². The van der Waals surface area contributed by atoms with E-state index < -0.39 is 7.26 Å². The third kappa shape index (κ3) is 6.48. The summed E-state index contributed by atoms with van der Waals surface area (Å²) in [7, 11) is -1.91. The minimum Gasteiger partial charge on any atom is -0.507 e. The number of Topliss-reactive ketones (excluding diaryl/α,β-unsaturated/α-hetero) is 1. The van der Waals surface area contributed by atoms with Gasteiger partial charge >= 0.3 is 0 Å². The molecule has 0 saturated heterocycles. The van der Waals surface area contributed by atoms with E-state index in [1.807, 2.05) is 54.6 Å². The zero-order valence-corrected chi connectivity index (χ0v) is 25.8. The number of hydrogen-bond donors (Lipinski definition) is 1. The molecule has 218 valence electrons. The van der Waals surface area contributed by atoms with Crippen molar-refractivity contribution in [3.8, 4) is 5.75 Å². The number of benzene rings is 7. The molecule has 2 nitrogen and oxygen atoms in total. The fourth-order valence-electron chi connectivity index (χ4n) is 5.83. The zero-order valence-electron chi connectivity index (χ0n) is 24.9. The van der Waals surface area contributed by atoms with Gasteiger partial charge in [-0.25, -0.2) is 0 Å². The van der Waals surface area contributed by atoms with Gasteiger partial charge < -0.3 is 5.11 Å². The lowest BCUT2D eigenvalue weighted by molar-refractivity contribution is 0.0990. The average Bonchev–Trinajstić information content (AvgIpc) is 3.11. The van der Waals surface area contributed by atoms with Gasteiger partial charge in [0.1, 0.15) is 34.2 Å². The van der Waals surface area contributed by atoms with Gasteiger partial charge in [0.05, 0.1) is 5.56 Å². The van der Waals surface area contributed by atoms with E-state index in [2.05, 4.69) is 121 Å². The highest BCUT2D eigenvalue weighted by molar-refractivity contribution is 8.01. The van der Waals surface area contributed by atoms with Gasteiger partial charge in [-0.3, -0.25) is 4.79 Å². The van der Waals surface area contributed by atoms with Gasteiger partial charge in [0.15, 0.2) is 5.78 Å². The average molecular weight is 602 g/mol. The van der Waals surface area contributed by atoms with Gasteiger partial charge in [-0.05, 0) is 77.0 Å². The van der Waals surface area contributed by atoms with Crippen LogP contribution in [0, 0.1) is 0 Å². The largest absolute Gasteiger partial charge is 0.507 e. The number of carbonyl (C=O) groups is 1. The molecule has 0 heterocycles. The second-order valence-electron chi connectivity index (χ2n) is 10.8. The van der Waals surface area contributed by atoms with E-state index in [1.54, 1.807) is 12.1 Å². The van der Waals surface area contributed by atoms with Crippen LogP contribution in [0.15, 0.2) is 188 Å². The Labute approximate surface area is 265 Å². The molecule has 0 amide bonds. The molecule has 45 heavy (non-hydrogen) atoms. The van der Waals surface area contributed by atoms with Crippen LogP contribution in [-0.4, -0.2) is 10.9 Å². The van der Waals surface area contributed by atoms with E-state index in [0.29, 0.717) is 12.0 Å². The summed E-state index contributed by atoms with van der Waals surface area (Å²) in [5.74, 6) is -0.0240. The van der Waals surface area contributed by atoms with Crippen molar-refractivity contribution >= 4 is 45.0 Å². The Morgan fingerprint density at radius 2 is 0.778 bits per heavy atom. The Morgan fingerprint density at radius 1 is 0.444 bits per heavy atom. The molecule has 0 saturated carbocycles. The number of phenols is 1. The van der Waals surface area contributed by atoms with Crippen LogP contribution in [0.1, 0.15) is 15.9 Å². The standard InChI is InChI=1S/C24H20P.C18H14O2/c1-5-13-21(14-6-1)25(22-15-7-2-8-16-22,23-17-9-3-10-18-23)24-19-11-4-12-20-24;19-17(10-13-6-2-1-3-7-13)16-11-14-8-4-5-9-15(14)12-18(16)20/h1-20H;1-9,11-12,20H,10H2/q+1;. The summed E-state index contributed by atoms with van der Waals surface area (Å²) in [5.41, 5.74) is 1.33. The molecule has 7 aromatic rings. The molecular formula is C42H34O2P+. The molecule has 0 spiro atoms. The van der Waals surface area contributed by atoms with E-state index in [1.165, 1.54) is 21.2 Å². The number of rotatable bonds is 7. The monoisotopic (exact) mass is 601 g/mol. The number of phenolic OH excluding ortho intramolecular Hbond substituents is 1. The summed E-state index contributed by atoms with van der Waals surface area (Å²) in [6, 6.07) is 64.5. The van der Waals surface area contributed by atoms with E-state index in [4.69, 9.17) is 0 Å². The Kier molecular flexibility index (Phi) is 9.25. The Bertz CT molecular complexity index is 1810. The van der Waals surface area contributed by atoms with Gasteiger partial charge in [-0.1, -0.05) is 127 Å². The Morgan fingerprint density at radius 3 is 1.18 bits per heavy atom. The summed E-state index contributed by atoms with van der Waals surface area (Å²) >= 11 is 0. The van der Waals surface area contributed by atoms with Crippen LogP contribution >= 0.6 is 7.26 Å². The lowest BCUT2D eigenvalue weighted by Crippen LogP contribution is -2.38. The fourth-order valence-corrected chi connectivity index (χ4v) is 10.1. The van der Waals surface area contributed by atoms with Crippen LogP contribution in [0.4, 0.5) is 0 Å². The van der Waals surface area contributed by atoms with Gasteiger partial charge in [-0.2, -0.15) is 0 Å². The first-order chi connectivity index (χ1) is 22.2. The van der Waals surface area contributed by atoms with Crippen LogP contribution in [0.3, 0.4) is 0 Å². The topological polar surface area (TPSA) is 37.3 Å². The first-order valence-electron chi connectivity index (χ1n) is 15.1. The molecule has 0 fully saturated rings. The molecule has 1 N–H and O–H groups in total. The molecule has 0 aromatic heterocycles. The first kappa shape index (κ1) is 29.8. The third-order valence-electron chi connectivity index (χ3n) is 7.95. The smallest absolute Gasteiger partial charge is 0.170 e. The maximum atomic E-state index is 12.3. The van der Waals surface area contributed by atoms with Crippen LogP contribution in [0.25, 0.3) is 10.8 Å². The van der Waals surface area contributed by atoms with Crippen LogP contribution in [0.2, 0.25) is 0 Å². The maximum absolute atomic E-state index is 12.3. The number of carbonyl (C=O) groups excluding carboxylic acids is 1. The normalized spacial score (nSPS) is 10.9. The van der Waals surface area contributed by atoms with E-state index in [-0.39, 0.29) is 11.5 Å². The first-order valence-corrected chi connectivity index (χ1v) is 16.9. The van der Waals surface area contributed by atoms with Gasteiger partial charge in [0.2, 0.25) is 0 Å². The predicted octanol–water partition coefficient (Wildman–Crippen LogP) is 8.28. The summed E-state index contributed by atoms with van der Waals surface area (Å²) in [6.07, 6.45) is 0.298. The fraction of sp³-hybridized carbons (Fsp3) is 0.0238. The van der Waals surface area contributed by atoms with Crippen molar-refractivity contribution in [3.63, 3.8) is 0 Å². The summed E-state index contributed by atoms with van der Waals surface area (Å²) < 4.78 is 0. The Balaban J connectivity index is 0.000000163. The minimum absolute atomic E-state index is 0.0460. The second-order valence-corrected chi connectivity index (χ2v) is 14.2. The molecule has 3 heteroatoms. The highest BCUT2D eigenvalue weighted by atomic mass is 31.2. The molecule has 7 aromatic carbocycles. The van der Waals surface area contributed by atoms with Crippen molar-refractivity contribution < 1.29 is 9.90 Å². The molecule has 0 bridgehead atoms. The van der Waals surface area contributed by atoms with E-state index in [9.17, 15) is 9.90 Å². The number of ketones is 1. The lowest BCUT2D eigenvalue weighted by Gasteiger charge is -2.27. The molecule has 7 rings (SSSR count). The number of aromatic hydroxyl groups is 1. The third-order valence-corrected chi connectivity index (χ3v) is 12.2. The van der Waals surface area contributed by atoms with Crippen molar-refractivity contribution in [1.29, 1.82) is 0 Å². The molecule has 0 atom stereocenters. The van der Waals surface area contributed by atoms with E-state index in [0.717, 1.165) is 16.3 Å². The molecule has 0 radical (unpaired) electrons. The number of hydrogen-bond acceptors (Lipinski definition) is 2. The highest BCUT2D eigenvalue weighted by Crippen LogP contribution is 2.54. The lowest BCUT2D eigenvalue weighted by atomic mass is 9.99. The molecule has 0 aliphatic carbocycles. The van der Waals surface area contributed by atoms with Crippen LogP contribution in [-0.2, 0) is 6.42 Å². The van der Waals surface area contributed by atoms with Gasteiger partial charge in [-0.15, -0.1) is 0 Å². The SMILES string of the molecule is O=C(Cc1ccccc1)c1cc2ccccc2cc1O.c1ccc([P+](c2ccccc2)(c2ccccc2)c2ccccc2)cc1. The number of fused-ring (bicyclic) bond motifs is 1. The zero-order chi connectivity index (χ0) is 30.9. The molecule has 0 aliphatic rings. The van der Waals surface area contributed by atoms with Crippen molar-refractivity contribution in [2.45, 2.75) is 6.42 Å². The maximum Gasteiger partial charge on any atom is 0.170 e. The van der Waals surface area contributed by atoms with Crippen molar-refractivity contribution in [1.82, 2.24) is 0 Å². The summed E-state index contributed by atoms with van der Waals surface area (Å²) in [6.45, 7) is 0. The molecule has 0 unspecified atom stereocenters. The second kappa shape index (κ2) is 14.0. The molecule has 0 aliphatic heterocycles. The van der Waals surface area contributed by atoms with Gasteiger partial charge in [0.25, 0.3) is 0 Å². The minimum atomic E-state index is -1.91. The summed E-state index contributed by atoms with van der Waals surface area (Å²) in [4.78, 5) is 12.3. The van der Waals surface area contributed by atoms with Crippen LogP contribution in [0.5, 0.6) is 5.75 Å². The van der Waals surface area contributed by atoms with E-state index >= 15 is 0 Å². The van der Waals surface area contributed by atoms with Gasteiger partial charge in [0, 0.05) is 6.42 Å². The Hall–Kier alpha value is -5.30. The predicted molar refractivity (Wildman–Crippen MR) is 191 cm³/mol. The van der Waals surface area contributed by atoms with Crippen molar-refractivity contribution in [2.24, 2.45) is 0 Å². The van der Waals surface area contributed by atoms with Crippen molar-refractivity contribution in [3.05, 3.63) is 199 Å². The summed E-state index contributed by atoms with van der Waals surface area (Å²) in [5, 5.41) is 17.5. The quantitative estimate of drug-likeness (QED) is 0.148.